The Bertz CT molecular complexity index is 269. The molecule has 0 heterocycles. The van der Waals surface area contributed by atoms with Gasteiger partial charge in [0.05, 0.1) is 6.42 Å². The Balaban J connectivity index is 2.15. The lowest BCUT2D eigenvalue weighted by molar-refractivity contribution is -0.138. The summed E-state index contributed by atoms with van der Waals surface area (Å²) in [6.45, 7) is 4.44. The van der Waals surface area contributed by atoms with Crippen molar-refractivity contribution in [2.24, 2.45) is 17.8 Å². The Kier molecular flexibility index (Phi) is 5.66. The van der Waals surface area contributed by atoms with Crippen molar-refractivity contribution >= 4 is 11.8 Å². The van der Waals surface area contributed by atoms with Crippen molar-refractivity contribution in [1.82, 2.24) is 0 Å². The van der Waals surface area contributed by atoms with Crippen LogP contribution in [0.2, 0.25) is 0 Å². The number of aliphatic carboxylic acids is 1. The minimum Gasteiger partial charge on any atom is -0.481 e. The fourth-order valence-corrected chi connectivity index (χ4v) is 2.52. The zero-order valence-electron chi connectivity index (χ0n) is 10.9. The first-order valence-corrected chi connectivity index (χ1v) is 6.82. The lowest BCUT2D eigenvalue weighted by Crippen LogP contribution is -2.07. The normalized spacial score (nSPS) is 22.8. The first-order valence-electron chi connectivity index (χ1n) is 6.82. The van der Waals surface area contributed by atoms with Crippen LogP contribution in [0.1, 0.15) is 58.8 Å². The Labute approximate surface area is 104 Å². The summed E-state index contributed by atoms with van der Waals surface area (Å²) < 4.78 is 0. The molecule has 0 spiro atoms. The molecule has 1 rings (SSSR count). The van der Waals surface area contributed by atoms with Crippen LogP contribution in [0.25, 0.3) is 0 Å². The molecule has 1 saturated carbocycles. The maximum absolute atomic E-state index is 11.6. The van der Waals surface area contributed by atoms with E-state index in [1.165, 1.54) is 19.3 Å². The summed E-state index contributed by atoms with van der Waals surface area (Å²) in [4.78, 5) is 22.0. The molecule has 17 heavy (non-hydrogen) atoms. The van der Waals surface area contributed by atoms with Crippen molar-refractivity contribution in [2.45, 2.75) is 58.8 Å². The van der Waals surface area contributed by atoms with E-state index in [1.807, 2.05) is 0 Å². The third kappa shape index (κ3) is 4.88. The quantitative estimate of drug-likeness (QED) is 0.673. The van der Waals surface area contributed by atoms with E-state index in [0.717, 1.165) is 18.8 Å². The molecule has 98 valence electrons. The molecule has 0 aliphatic heterocycles. The average molecular weight is 240 g/mol. The van der Waals surface area contributed by atoms with Crippen molar-refractivity contribution in [2.75, 3.05) is 0 Å². The summed E-state index contributed by atoms with van der Waals surface area (Å²) in [5, 5.41) is 8.52. The molecule has 1 unspecified atom stereocenters. The van der Waals surface area contributed by atoms with E-state index in [4.69, 9.17) is 5.11 Å². The second kappa shape index (κ2) is 6.77. The summed E-state index contributed by atoms with van der Waals surface area (Å²) >= 11 is 0. The number of carboxylic acids is 1. The van der Waals surface area contributed by atoms with Crippen molar-refractivity contribution in [3.8, 4) is 0 Å². The van der Waals surface area contributed by atoms with Gasteiger partial charge >= 0.3 is 5.97 Å². The topological polar surface area (TPSA) is 54.4 Å². The smallest absolute Gasteiger partial charge is 0.303 e. The minimum absolute atomic E-state index is 0.00536. The van der Waals surface area contributed by atoms with E-state index in [2.05, 4.69) is 13.8 Å². The molecule has 0 bridgehead atoms. The lowest BCUT2D eigenvalue weighted by Gasteiger charge is -2.11. The van der Waals surface area contributed by atoms with Crippen LogP contribution in [-0.4, -0.2) is 16.9 Å². The van der Waals surface area contributed by atoms with E-state index in [0.29, 0.717) is 5.92 Å². The fourth-order valence-electron chi connectivity index (χ4n) is 2.52. The molecule has 0 aromatic rings. The van der Waals surface area contributed by atoms with Crippen LogP contribution in [0.5, 0.6) is 0 Å². The SMILES string of the molecule is CCC(CC)CCC1C[C@H]1C(=O)CCC(=O)O. The van der Waals surface area contributed by atoms with Gasteiger partial charge in [0.1, 0.15) is 5.78 Å². The van der Waals surface area contributed by atoms with Crippen LogP contribution in [0, 0.1) is 17.8 Å². The minimum atomic E-state index is -0.868. The zero-order valence-corrected chi connectivity index (χ0v) is 10.9. The summed E-state index contributed by atoms with van der Waals surface area (Å²) in [6, 6.07) is 0. The number of hydrogen-bond donors (Lipinski definition) is 1. The molecular weight excluding hydrogens is 216 g/mol. The van der Waals surface area contributed by atoms with Crippen LogP contribution in [0.4, 0.5) is 0 Å². The van der Waals surface area contributed by atoms with Crippen molar-refractivity contribution < 1.29 is 14.7 Å². The second-order valence-electron chi connectivity index (χ2n) is 5.22. The Hall–Kier alpha value is -0.860. The number of ketones is 1. The van der Waals surface area contributed by atoms with Crippen LogP contribution < -0.4 is 0 Å². The van der Waals surface area contributed by atoms with Gasteiger partial charge in [0, 0.05) is 12.3 Å². The molecule has 1 N–H and O–H groups in total. The summed E-state index contributed by atoms with van der Waals surface area (Å²) in [7, 11) is 0. The van der Waals surface area contributed by atoms with Gasteiger partial charge in [-0.25, -0.2) is 0 Å². The molecule has 0 aromatic carbocycles. The number of carboxylic acid groups (broad SMARTS) is 1. The zero-order chi connectivity index (χ0) is 12.8. The highest BCUT2D eigenvalue weighted by molar-refractivity contribution is 5.86. The molecule has 0 radical (unpaired) electrons. The van der Waals surface area contributed by atoms with Crippen LogP contribution in [-0.2, 0) is 9.59 Å². The fraction of sp³-hybridized carbons (Fsp3) is 0.857. The highest BCUT2D eigenvalue weighted by Gasteiger charge is 2.41. The maximum Gasteiger partial charge on any atom is 0.303 e. The number of carbonyl (C=O) groups is 2. The van der Waals surface area contributed by atoms with Gasteiger partial charge in [-0.2, -0.15) is 0 Å². The van der Waals surface area contributed by atoms with Gasteiger partial charge in [-0.05, 0) is 24.7 Å². The van der Waals surface area contributed by atoms with Gasteiger partial charge in [0.15, 0.2) is 0 Å². The number of rotatable bonds is 9. The molecule has 0 amide bonds. The molecule has 3 nitrogen and oxygen atoms in total. The van der Waals surface area contributed by atoms with E-state index >= 15 is 0 Å². The van der Waals surface area contributed by atoms with E-state index < -0.39 is 5.97 Å². The van der Waals surface area contributed by atoms with Gasteiger partial charge in [0.25, 0.3) is 0 Å². The van der Waals surface area contributed by atoms with Gasteiger partial charge < -0.3 is 5.11 Å². The summed E-state index contributed by atoms with van der Waals surface area (Å²) in [5.74, 6) is 0.834. The van der Waals surface area contributed by atoms with E-state index in [-0.39, 0.29) is 24.5 Å². The average Bonchev–Trinajstić information content (AvgIpc) is 3.07. The number of hydrogen-bond acceptors (Lipinski definition) is 2. The molecule has 3 heteroatoms. The first kappa shape index (κ1) is 14.2. The third-order valence-corrected chi connectivity index (χ3v) is 4.02. The molecule has 2 atom stereocenters. The Morgan fingerprint density at radius 2 is 1.88 bits per heavy atom. The maximum atomic E-state index is 11.6. The summed E-state index contributed by atoms with van der Waals surface area (Å²) in [5.41, 5.74) is 0. The van der Waals surface area contributed by atoms with Gasteiger partial charge in [-0.15, -0.1) is 0 Å². The van der Waals surface area contributed by atoms with Crippen molar-refractivity contribution in [3.05, 3.63) is 0 Å². The van der Waals surface area contributed by atoms with Gasteiger partial charge in [-0.1, -0.05) is 33.1 Å². The highest BCUT2D eigenvalue weighted by atomic mass is 16.4. The number of carbonyl (C=O) groups excluding carboxylic acids is 1. The summed E-state index contributed by atoms with van der Waals surface area (Å²) in [6.07, 6.45) is 6.03. The highest BCUT2D eigenvalue weighted by Crippen LogP contribution is 2.44. The van der Waals surface area contributed by atoms with Crippen LogP contribution in [0.15, 0.2) is 0 Å². The molecule has 0 saturated heterocycles. The molecule has 1 fully saturated rings. The van der Waals surface area contributed by atoms with Gasteiger partial charge in [-0.3, -0.25) is 9.59 Å². The predicted molar refractivity (Wildman–Crippen MR) is 66.8 cm³/mol. The van der Waals surface area contributed by atoms with Crippen molar-refractivity contribution in [1.29, 1.82) is 0 Å². The van der Waals surface area contributed by atoms with Crippen molar-refractivity contribution in [3.63, 3.8) is 0 Å². The monoisotopic (exact) mass is 240 g/mol. The number of Topliss-reactive ketones (excluding diaryl/α,β-unsaturated/α-hetero) is 1. The predicted octanol–water partition coefficient (Wildman–Crippen LogP) is 3.27. The molecule has 0 aromatic heterocycles. The second-order valence-corrected chi connectivity index (χ2v) is 5.22. The third-order valence-electron chi connectivity index (χ3n) is 4.02. The standard InChI is InChI=1S/C14H24O3/c1-3-10(4-2)5-6-11-9-12(11)13(15)7-8-14(16)17/h10-12H,3-9H2,1-2H3,(H,16,17)/t11?,12-/m1/s1. The van der Waals surface area contributed by atoms with Crippen LogP contribution >= 0.6 is 0 Å². The molecule has 1 aliphatic carbocycles. The van der Waals surface area contributed by atoms with E-state index in [1.54, 1.807) is 0 Å². The lowest BCUT2D eigenvalue weighted by atomic mass is 9.95. The van der Waals surface area contributed by atoms with Gasteiger partial charge in [0.2, 0.25) is 0 Å². The van der Waals surface area contributed by atoms with E-state index in [9.17, 15) is 9.59 Å². The Morgan fingerprint density at radius 3 is 2.41 bits per heavy atom. The molecule has 1 aliphatic rings. The largest absolute Gasteiger partial charge is 0.481 e. The Morgan fingerprint density at radius 1 is 1.24 bits per heavy atom. The van der Waals surface area contributed by atoms with Crippen LogP contribution in [0.3, 0.4) is 0 Å². The molecular formula is C14H24O3. The first-order chi connectivity index (χ1) is 8.08.